The first-order valence-electron chi connectivity index (χ1n) is 8.05. The molecule has 1 heterocycles. The summed E-state index contributed by atoms with van der Waals surface area (Å²) < 4.78 is 1.31. The van der Waals surface area contributed by atoms with Crippen LogP contribution in [0.1, 0.15) is 55.4 Å². The molecule has 0 unspecified atom stereocenters. The molecule has 0 amide bonds. The van der Waals surface area contributed by atoms with Crippen molar-refractivity contribution in [1.82, 2.24) is 0 Å². The summed E-state index contributed by atoms with van der Waals surface area (Å²) >= 11 is 0. The minimum absolute atomic E-state index is 0.327. The van der Waals surface area contributed by atoms with Gasteiger partial charge in [0.15, 0.2) is 0 Å². The van der Waals surface area contributed by atoms with E-state index < -0.39 is 0 Å². The summed E-state index contributed by atoms with van der Waals surface area (Å²) in [4.78, 5) is 0. The van der Waals surface area contributed by atoms with Crippen LogP contribution in [-0.2, 0) is 0 Å². The van der Waals surface area contributed by atoms with Gasteiger partial charge < -0.3 is 0 Å². The van der Waals surface area contributed by atoms with E-state index in [4.69, 9.17) is 0 Å². The predicted octanol–water partition coefficient (Wildman–Crippen LogP) is 8.64. The van der Waals surface area contributed by atoms with Crippen molar-refractivity contribution in [3.63, 3.8) is 0 Å². The van der Waals surface area contributed by atoms with Crippen LogP contribution in [0.15, 0.2) is 0 Å². The minimum atomic E-state index is 0.327. The second-order valence-corrected chi connectivity index (χ2v) is 20.4. The van der Waals surface area contributed by atoms with Gasteiger partial charge in [0, 0.05) is 42.0 Å². The summed E-state index contributed by atoms with van der Waals surface area (Å²) in [5.74, 6) is 4.80. The van der Waals surface area contributed by atoms with E-state index in [0.717, 1.165) is 0 Å². The van der Waals surface area contributed by atoms with E-state index in [0.29, 0.717) is 19.0 Å². The Morgan fingerprint density at radius 1 is 0.375 bits per heavy atom. The molecule has 0 aliphatic carbocycles. The molecular formula is C16H32S8. The van der Waals surface area contributed by atoms with E-state index >= 15 is 0 Å². The topological polar surface area (TPSA) is 0 Å². The molecule has 1 fully saturated rings. The Hall–Kier alpha value is 2.80. The highest BCUT2D eigenvalue weighted by molar-refractivity contribution is 8.80. The van der Waals surface area contributed by atoms with Crippen LogP contribution in [0, 0.1) is 0 Å². The van der Waals surface area contributed by atoms with Crippen LogP contribution in [-0.4, -0.2) is 42.0 Å². The molecule has 0 saturated carbocycles. The third-order valence-corrected chi connectivity index (χ3v) is 17.9. The molecule has 8 heteroatoms. The van der Waals surface area contributed by atoms with Crippen LogP contribution in [0.3, 0.4) is 0 Å². The van der Waals surface area contributed by atoms with Crippen molar-refractivity contribution < 1.29 is 0 Å². The fourth-order valence-corrected chi connectivity index (χ4v) is 16.2. The van der Waals surface area contributed by atoms with Crippen molar-refractivity contribution in [2.75, 3.05) is 23.0 Å². The zero-order valence-corrected chi connectivity index (χ0v) is 22.6. The van der Waals surface area contributed by atoms with Gasteiger partial charge in [0.2, 0.25) is 0 Å². The summed E-state index contributed by atoms with van der Waals surface area (Å²) in [5, 5.41) is 0. The van der Waals surface area contributed by atoms with Gasteiger partial charge in [-0.05, 0) is 55.4 Å². The first kappa shape index (κ1) is 24.8. The van der Waals surface area contributed by atoms with Crippen molar-refractivity contribution in [1.29, 1.82) is 0 Å². The third kappa shape index (κ3) is 11.6. The quantitative estimate of drug-likeness (QED) is 0.312. The Labute approximate surface area is 182 Å². The molecule has 1 aliphatic heterocycles. The molecule has 144 valence electrons. The molecule has 0 radical (unpaired) electrons. The van der Waals surface area contributed by atoms with Crippen LogP contribution in [0.25, 0.3) is 0 Å². The molecule has 0 N–H and O–H groups in total. The van der Waals surface area contributed by atoms with Crippen molar-refractivity contribution >= 4 is 86.4 Å². The predicted molar refractivity (Wildman–Crippen MR) is 137 cm³/mol. The Kier molecular flexibility index (Phi) is 10.9. The number of hydrogen-bond donors (Lipinski definition) is 0. The summed E-state index contributed by atoms with van der Waals surface area (Å²) in [6.07, 6.45) is 0. The standard InChI is InChI=1S/C16H32S8/c1-13(2)9-17-22-15(5,6)11-19-24-16(7,8)12-20-23-14(3,4)10-18-21-13/h9-12H2,1-8H3. The van der Waals surface area contributed by atoms with Crippen molar-refractivity contribution in [3.8, 4) is 0 Å². The zero-order valence-electron chi connectivity index (χ0n) is 16.1. The molecule has 0 bridgehead atoms. The maximum Gasteiger partial charge on any atom is 0.0306 e. The van der Waals surface area contributed by atoms with Gasteiger partial charge in [0.05, 0.1) is 0 Å². The molecule has 0 nitrogen and oxygen atoms in total. The van der Waals surface area contributed by atoms with Gasteiger partial charge in [-0.3, -0.25) is 0 Å². The first-order valence-corrected chi connectivity index (χ1v) is 17.3. The Morgan fingerprint density at radius 2 is 0.542 bits per heavy atom. The Morgan fingerprint density at radius 3 is 0.708 bits per heavy atom. The van der Waals surface area contributed by atoms with Gasteiger partial charge in [-0.15, -0.1) is 0 Å². The van der Waals surface area contributed by atoms with Crippen LogP contribution < -0.4 is 0 Å². The minimum Gasteiger partial charge on any atom is -0.0921 e. The van der Waals surface area contributed by atoms with Gasteiger partial charge in [-0.25, -0.2) is 0 Å². The van der Waals surface area contributed by atoms with E-state index in [1.54, 1.807) is 0 Å². The Balaban J connectivity index is 2.68. The second kappa shape index (κ2) is 10.5. The number of hydrogen-bond acceptors (Lipinski definition) is 8. The second-order valence-electron chi connectivity index (χ2n) is 8.42. The van der Waals surface area contributed by atoms with Gasteiger partial charge in [0.25, 0.3) is 0 Å². The van der Waals surface area contributed by atoms with Crippen LogP contribution in [0.4, 0.5) is 0 Å². The van der Waals surface area contributed by atoms with Crippen LogP contribution in [0.2, 0.25) is 0 Å². The molecule has 0 aromatic rings. The Bertz CT molecular complexity index is 282. The average molecular weight is 481 g/mol. The lowest BCUT2D eigenvalue weighted by atomic mass is 10.2. The summed E-state index contributed by atoms with van der Waals surface area (Å²) in [7, 11) is 16.5. The molecule has 1 rings (SSSR count). The highest BCUT2D eigenvalue weighted by atomic mass is 33.1. The lowest BCUT2D eigenvalue weighted by molar-refractivity contribution is 0.815. The third-order valence-electron chi connectivity index (χ3n) is 2.76. The van der Waals surface area contributed by atoms with Gasteiger partial charge in [-0.1, -0.05) is 86.4 Å². The smallest absolute Gasteiger partial charge is 0.0306 e. The fourth-order valence-electron chi connectivity index (χ4n) is 1.42. The molecule has 1 aliphatic rings. The van der Waals surface area contributed by atoms with E-state index in [1.807, 2.05) is 0 Å². The lowest BCUT2D eigenvalue weighted by Gasteiger charge is -2.31. The van der Waals surface area contributed by atoms with E-state index in [1.165, 1.54) is 23.0 Å². The summed E-state index contributed by atoms with van der Waals surface area (Å²) in [5.41, 5.74) is 0. The zero-order chi connectivity index (χ0) is 18.5. The fraction of sp³-hybridized carbons (Fsp3) is 1.00. The van der Waals surface area contributed by atoms with E-state index in [9.17, 15) is 0 Å². The first-order chi connectivity index (χ1) is 10.8. The molecule has 1 saturated heterocycles. The average Bonchev–Trinajstić information content (AvgIpc) is 2.35. The highest BCUT2D eigenvalue weighted by Gasteiger charge is 2.29. The molecule has 0 aromatic carbocycles. The van der Waals surface area contributed by atoms with Crippen molar-refractivity contribution in [2.24, 2.45) is 0 Å². The molecule has 0 aromatic heterocycles. The lowest BCUT2D eigenvalue weighted by Crippen LogP contribution is -2.23. The SMILES string of the molecule is CC1(C)CSSC(C)(C)CSSC(C)(C)CSSC(C)(C)CSS1. The maximum absolute atomic E-state index is 2.39. The maximum atomic E-state index is 2.39. The van der Waals surface area contributed by atoms with Crippen molar-refractivity contribution in [3.05, 3.63) is 0 Å². The largest absolute Gasteiger partial charge is 0.0921 e. The summed E-state index contributed by atoms with van der Waals surface area (Å²) in [6.45, 7) is 19.1. The van der Waals surface area contributed by atoms with E-state index in [-0.39, 0.29) is 0 Å². The van der Waals surface area contributed by atoms with Crippen LogP contribution in [0.5, 0.6) is 0 Å². The molecule has 0 spiro atoms. The van der Waals surface area contributed by atoms with Crippen LogP contribution >= 0.6 is 86.4 Å². The van der Waals surface area contributed by atoms with Crippen molar-refractivity contribution in [2.45, 2.75) is 74.4 Å². The molecular weight excluding hydrogens is 449 g/mol. The summed E-state index contributed by atoms with van der Waals surface area (Å²) in [6, 6.07) is 0. The van der Waals surface area contributed by atoms with Gasteiger partial charge >= 0.3 is 0 Å². The normalized spacial score (nSPS) is 29.0. The molecule has 24 heavy (non-hydrogen) atoms. The van der Waals surface area contributed by atoms with Gasteiger partial charge in [0.1, 0.15) is 0 Å². The van der Waals surface area contributed by atoms with E-state index in [2.05, 4.69) is 142 Å². The van der Waals surface area contributed by atoms with Gasteiger partial charge in [-0.2, -0.15) is 0 Å². The molecule has 0 atom stereocenters. The monoisotopic (exact) mass is 480 g/mol. The highest BCUT2D eigenvalue weighted by Crippen LogP contribution is 2.50. The number of rotatable bonds is 0.